The normalized spacial score (nSPS) is 10.9. The topological polar surface area (TPSA) is 40.1 Å². The summed E-state index contributed by atoms with van der Waals surface area (Å²) in [6, 6.07) is 0. The molecule has 0 atom stereocenters. The Morgan fingerprint density at radius 2 is 0.613 bits per heavy atom. The molecule has 0 aliphatic carbocycles. The first kappa shape index (κ1) is 33.6. The Kier molecular flexibility index (Phi) is 33.1. The monoisotopic (exact) mass is 446 g/mol. The van der Waals surface area contributed by atoms with E-state index in [-0.39, 0.29) is 36.0 Å². The number of carbonyl (C=O) groups excluding carboxylic acids is 1. The van der Waals surface area contributed by atoms with Crippen molar-refractivity contribution < 1.29 is 39.5 Å². The Hall–Kier alpha value is 0.470. The van der Waals surface area contributed by atoms with Crippen molar-refractivity contribution in [2.45, 2.75) is 174 Å². The Labute approximate surface area is 218 Å². The van der Waals surface area contributed by atoms with Crippen LogP contribution in [0.25, 0.3) is 0 Å². The molecule has 0 spiro atoms. The standard InChI is InChI=1S/C28H56O2.Na/c1-2-3-4-5-6-7-8-9-10-11-12-13-14-15-16-17-18-19-20-21-22-23-24-25-26-27-28(29)30;/h2-27H2,1H3,(H,29,30);/q;+1/p-1. The fraction of sp³-hybridized carbons (Fsp3) is 0.964. The molecule has 0 aromatic carbocycles. The van der Waals surface area contributed by atoms with Gasteiger partial charge in [-0.2, -0.15) is 0 Å². The summed E-state index contributed by atoms with van der Waals surface area (Å²) < 4.78 is 0. The van der Waals surface area contributed by atoms with Crippen molar-refractivity contribution in [2.75, 3.05) is 0 Å². The van der Waals surface area contributed by atoms with E-state index in [0.29, 0.717) is 0 Å². The second-order valence-corrected chi connectivity index (χ2v) is 9.61. The van der Waals surface area contributed by atoms with Crippen LogP contribution in [0.15, 0.2) is 0 Å². The van der Waals surface area contributed by atoms with Crippen molar-refractivity contribution in [3.63, 3.8) is 0 Å². The fourth-order valence-corrected chi connectivity index (χ4v) is 4.41. The molecule has 0 bridgehead atoms. The number of hydrogen-bond donors (Lipinski definition) is 0. The Balaban J connectivity index is 0. The Morgan fingerprint density at radius 3 is 0.806 bits per heavy atom. The van der Waals surface area contributed by atoms with Crippen molar-refractivity contribution in [3.8, 4) is 0 Å². The van der Waals surface area contributed by atoms with E-state index in [0.717, 1.165) is 12.8 Å². The van der Waals surface area contributed by atoms with Gasteiger partial charge in [0, 0.05) is 5.97 Å². The van der Waals surface area contributed by atoms with Gasteiger partial charge in [0.25, 0.3) is 0 Å². The SMILES string of the molecule is CCCCCCCCCCCCCCCCCCCCCCCCCCCC(=O)[O-].[Na+]. The minimum atomic E-state index is -0.899. The number of carboxylic acids is 1. The number of carbonyl (C=O) groups is 1. The number of carboxylic acid groups (broad SMARTS) is 1. The minimum absolute atomic E-state index is 0. The molecule has 0 rings (SSSR count). The van der Waals surface area contributed by atoms with E-state index < -0.39 is 5.97 Å². The molecule has 0 radical (unpaired) electrons. The smallest absolute Gasteiger partial charge is 0.550 e. The average molecular weight is 447 g/mol. The molecule has 0 N–H and O–H groups in total. The number of rotatable bonds is 26. The van der Waals surface area contributed by atoms with Gasteiger partial charge in [-0.1, -0.05) is 161 Å². The molecule has 2 nitrogen and oxygen atoms in total. The van der Waals surface area contributed by atoms with E-state index in [1.54, 1.807) is 0 Å². The third-order valence-corrected chi connectivity index (χ3v) is 6.48. The largest absolute Gasteiger partial charge is 1.00 e. The fourth-order valence-electron chi connectivity index (χ4n) is 4.41. The maximum Gasteiger partial charge on any atom is 1.00 e. The van der Waals surface area contributed by atoms with Crippen LogP contribution in [0.4, 0.5) is 0 Å². The van der Waals surface area contributed by atoms with Gasteiger partial charge < -0.3 is 9.90 Å². The van der Waals surface area contributed by atoms with Crippen molar-refractivity contribution >= 4 is 5.97 Å². The van der Waals surface area contributed by atoms with E-state index in [1.807, 2.05) is 0 Å². The molecule has 0 saturated carbocycles. The molecular weight excluding hydrogens is 391 g/mol. The number of aliphatic carboxylic acids is 1. The third kappa shape index (κ3) is 32.7. The molecule has 3 heteroatoms. The van der Waals surface area contributed by atoms with E-state index in [1.165, 1.54) is 148 Å². The molecule has 0 aromatic heterocycles. The zero-order valence-electron chi connectivity index (χ0n) is 21.7. The molecule has 0 aliphatic rings. The van der Waals surface area contributed by atoms with E-state index in [9.17, 15) is 9.90 Å². The van der Waals surface area contributed by atoms with Crippen LogP contribution < -0.4 is 34.7 Å². The Morgan fingerprint density at radius 1 is 0.419 bits per heavy atom. The molecule has 0 unspecified atom stereocenters. The summed E-state index contributed by atoms with van der Waals surface area (Å²) in [5.41, 5.74) is 0. The van der Waals surface area contributed by atoms with Crippen LogP contribution >= 0.6 is 0 Å². The molecule has 0 heterocycles. The van der Waals surface area contributed by atoms with Gasteiger partial charge in [-0.05, 0) is 12.8 Å². The number of unbranched alkanes of at least 4 members (excludes halogenated alkanes) is 24. The van der Waals surface area contributed by atoms with Crippen LogP contribution in [0.2, 0.25) is 0 Å². The van der Waals surface area contributed by atoms with Gasteiger partial charge >= 0.3 is 29.6 Å². The van der Waals surface area contributed by atoms with Crippen LogP contribution in [0, 0.1) is 0 Å². The quantitative estimate of drug-likeness (QED) is 0.122. The maximum absolute atomic E-state index is 10.3. The van der Waals surface area contributed by atoms with Crippen LogP contribution in [0.5, 0.6) is 0 Å². The predicted molar refractivity (Wildman–Crippen MR) is 131 cm³/mol. The maximum atomic E-state index is 10.3. The van der Waals surface area contributed by atoms with Gasteiger partial charge in [0.2, 0.25) is 0 Å². The van der Waals surface area contributed by atoms with Gasteiger partial charge in [-0.25, -0.2) is 0 Å². The molecule has 0 fully saturated rings. The first-order valence-corrected chi connectivity index (χ1v) is 14.0. The van der Waals surface area contributed by atoms with Gasteiger partial charge in [-0.15, -0.1) is 0 Å². The molecule has 0 amide bonds. The zero-order chi connectivity index (χ0) is 22.0. The molecule has 31 heavy (non-hydrogen) atoms. The van der Waals surface area contributed by atoms with Crippen molar-refractivity contribution in [2.24, 2.45) is 0 Å². The summed E-state index contributed by atoms with van der Waals surface area (Å²) in [7, 11) is 0. The van der Waals surface area contributed by atoms with E-state index in [2.05, 4.69) is 6.92 Å². The Bertz CT molecular complexity index is 333. The van der Waals surface area contributed by atoms with Gasteiger partial charge in [0.15, 0.2) is 0 Å². The molecular formula is C28H55NaO2. The van der Waals surface area contributed by atoms with Crippen LogP contribution in [0.1, 0.15) is 174 Å². The first-order valence-electron chi connectivity index (χ1n) is 14.0. The van der Waals surface area contributed by atoms with E-state index in [4.69, 9.17) is 0 Å². The second kappa shape index (κ2) is 30.5. The second-order valence-electron chi connectivity index (χ2n) is 9.61. The van der Waals surface area contributed by atoms with Crippen LogP contribution in [-0.4, -0.2) is 5.97 Å². The van der Waals surface area contributed by atoms with E-state index >= 15 is 0 Å². The number of hydrogen-bond acceptors (Lipinski definition) is 2. The van der Waals surface area contributed by atoms with Crippen molar-refractivity contribution in [1.82, 2.24) is 0 Å². The average Bonchev–Trinajstić information content (AvgIpc) is 2.73. The van der Waals surface area contributed by atoms with Crippen molar-refractivity contribution in [3.05, 3.63) is 0 Å². The van der Waals surface area contributed by atoms with Gasteiger partial charge in [-0.3, -0.25) is 0 Å². The summed E-state index contributed by atoms with van der Waals surface area (Å²) in [4.78, 5) is 10.3. The summed E-state index contributed by atoms with van der Waals surface area (Å²) in [5, 5.41) is 10.3. The van der Waals surface area contributed by atoms with Gasteiger partial charge in [0.1, 0.15) is 0 Å². The summed E-state index contributed by atoms with van der Waals surface area (Å²) in [6.07, 6.45) is 34.6. The predicted octanol–water partition coefficient (Wildman–Crippen LogP) is 5.90. The summed E-state index contributed by atoms with van der Waals surface area (Å²) in [6.45, 7) is 2.29. The van der Waals surface area contributed by atoms with Crippen LogP contribution in [0.3, 0.4) is 0 Å². The molecule has 180 valence electrons. The molecule has 0 aliphatic heterocycles. The third-order valence-electron chi connectivity index (χ3n) is 6.48. The zero-order valence-corrected chi connectivity index (χ0v) is 23.7. The minimum Gasteiger partial charge on any atom is -0.550 e. The van der Waals surface area contributed by atoms with Crippen LogP contribution in [-0.2, 0) is 4.79 Å². The molecule has 0 aromatic rings. The van der Waals surface area contributed by atoms with Gasteiger partial charge in [0.05, 0.1) is 0 Å². The first-order chi connectivity index (χ1) is 14.8. The van der Waals surface area contributed by atoms with Crippen molar-refractivity contribution in [1.29, 1.82) is 0 Å². The summed E-state index contributed by atoms with van der Waals surface area (Å²) >= 11 is 0. The molecule has 0 saturated heterocycles. The summed E-state index contributed by atoms with van der Waals surface area (Å²) in [5.74, 6) is -0.899.